The summed E-state index contributed by atoms with van der Waals surface area (Å²) < 4.78 is 0. The number of nitrogens with zero attached hydrogens (tertiary/aromatic N) is 2. The van der Waals surface area contributed by atoms with Crippen LogP contribution in [0.1, 0.15) is 26.2 Å². The first-order valence-corrected chi connectivity index (χ1v) is 6.78. The molecule has 1 heterocycles. The number of carbonyl (C=O) groups is 1. The Balaban J connectivity index is 2.07. The van der Waals surface area contributed by atoms with E-state index >= 15 is 0 Å². The predicted molar refractivity (Wildman–Crippen MR) is 68.9 cm³/mol. The van der Waals surface area contributed by atoms with Crippen molar-refractivity contribution in [3.8, 4) is 0 Å². The Kier molecular flexibility index (Phi) is 4.05. The van der Waals surface area contributed by atoms with Crippen molar-refractivity contribution in [1.29, 1.82) is 0 Å². The second-order valence-corrected chi connectivity index (χ2v) is 5.67. The number of hydrogen-bond donors (Lipinski definition) is 1. The van der Waals surface area contributed by atoms with Gasteiger partial charge in [-0.25, -0.2) is 0 Å². The van der Waals surface area contributed by atoms with Gasteiger partial charge in [-0.3, -0.25) is 9.69 Å². The quantitative estimate of drug-likeness (QED) is 0.777. The van der Waals surface area contributed by atoms with Crippen LogP contribution in [-0.4, -0.2) is 61.5 Å². The zero-order chi connectivity index (χ0) is 12.4. The van der Waals surface area contributed by atoms with E-state index in [1.54, 1.807) is 0 Å². The van der Waals surface area contributed by atoms with Gasteiger partial charge in [-0.1, -0.05) is 6.92 Å². The summed E-state index contributed by atoms with van der Waals surface area (Å²) in [5.74, 6) is 0.943. The molecule has 2 unspecified atom stereocenters. The van der Waals surface area contributed by atoms with E-state index in [-0.39, 0.29) is 6.04 Å². The number of rotatable bonds is 4. The van der Waals surface area contributed by atoms with Gasteiger partial charge in [-0.2, -0.15) is 0 Å². The molecule has 17 heavy (non-hydrogen) atoms. The van der Waals surface area contributed by atoms with Crippen molar-refractivity contribution in [2.24, 2.45) is 5.92 Å². The van der Waals surface area contributed by atoms with Gasteiger partial charge in [0.1, 0.15) is 0 Å². The fourth-order valence-electron chi connectivity index (χ4n) is 2.82. The Bertz CT molecular complexity index is 278. The van der Waals surface area contributed by atoms with Gasteiger partial charge in [0.25, 0.3) is 0 Å². The summed E-state index contributed by atoms with van der Waals surface area (Å²) in [6.07, 6.45) is 3.34. The fraction of sp³-hybridized carbons (Fsp3) is 0.923. The third-order valence-electron chi connectivity index (χ3n) is 3.86. The molecule has 1 saturated carbocycles. The van der Waals surface area contributed by atoms with Crippen molar-refractivity contribution >= 4 is 5.91 Å². The minimum atomic E-state index is 0.0769. The lowest BCUT2D eigenvalue weighted by molar-refractivity contribution is -0.135. The van der Waals surface area contributed by atoms with Gasteiger partial charge in [0.15, 0.2) is 0 Å². The third-order valence-corrected chi connectivity index (χ3v) is 3.86. The Morgan fingerprint density at radius 1 is 1.35 bits per heavy atom. The zero-order valence-corrected chi connectivity index (χ0v) is 11.3. The molecule has 2 rings (SSSR count). The van der Waals surface area contributed by atoms with E-state index in [1.165, 1.54) is 12.8 Å². The second-order valence-electron chi connectivity index (χ2n) is 5.67. The molecule has 0 aromatic heterocycles. The minimum Gasteiger partial charge on any atom is -0.338 e. The highest BCUT2D eigenvalue weighted by Crippen LogP contribution is 2.30. The van der Waals surface area contributed by atoms with Crippen LogP contribution in [-0.2, 0) is 4.79 Å². The highest BCUT2D eigenvalue weighted by Gasteiger charge is 2.39. The van der Waals surface area contributed by atoms with Gasteiger partial charge in [-0.15, -0.1) is 0 Å². The normalized spacial score (nSPS) is 31.7. The number of likely N-dealkylation sites (N-methyl/N-ethyl adjacent to an activating group) is 1. The summed E-state index contributed by atoms with van der Waals surface area (Å²) in [7, 11) is 4.04. The summed E-state index contributed by atoms with van der Waals surface area (Å²) in [6.45, 7) is 5.14. The highest BCUT2D eigenvalue weighted by atomic mass is 16.2. The first kappa shape index (κ1) is 12.8. The van der Waals surface area contributed by atoms with Gasteiger partial charge >= 0.3 is 0 Å². The Morgan fingerprint density at radius 2 is 2.06 bits per heavy atom. The highest BCUT2D eigenvalue weighted by molar-refractivity contribution is 5.82. The molecule has 4 nitrogen and oxygen atoms in total. The van der Waals surface area contributed by atoms with E-state index in [1.807, 2.05) is 7.05 Å². The van der Waals surface area contributed by atoms with Gasteiger partial charge in [0.05, 0.1) is 6.04 Å². The summed E-state index contributed by atoms with van der Waals surface area (Å²) in [4.78, 5) is 16.9. The molecule has 1 aliphatic heterocycles. The number of amides is 1. The third kappa shape index (κ3) is 2.99. The van der Waals surface area contributed by atoms with Crippen LogP contribution in [0, 0.1) is 5.92 Å². The standard InChI is InChI=1S/C13H25N3O/c1-10-8-15(3)12(6-7-14-2)13(17)16(9-10)11-4-5-11/h10-12,14H,4-9H2,1-3H3. The monoisotopic (exact) mass is 239 g/mol. The lowest BCUT2D eigenvalue weighted by Gasteiger charge is -2.28. The lowest BCUT2D eigenvalue weighted by atomic mass is 10.1. The molecule has 2 fully saturated rings. The van der Waals surface area contributed by atoms with Crippen molar-refractivity contribution in [3.05, 3.63) is 0 Å². The lowest BCUT2D eigenvalue weighted by Crippen LogP contribution is -2.46. The molecule has 1 amide bonds. The SMILES string of the molecule is CNCCC1C(=O)N(C2CC2)CC(C)CN1C. The first-order chi connectivity index (χ1) is 8.13. The van der Waals surface area contributed by atoms with Crippen molar-refractivity contribution in [2.75, 3.05) is 33.7 Å². The van der Waals surface area contributed by atoms with E-state index in [9.17, 15) is 4.79 Å². The second kappa shape index (κ2) is 5.36. The molecular weight excluding hydrogens is 214 g/mol. The van der Waals surface area contributed by atoms with E-state index in [4.69, 9.17) is 0 Å². The molecular formula is C13H25N3O. The zero-order valence-electron chi connectivity index (χ0n) is 11.3. The molecule has 1 aliphatic carbocycles. The van der Waals surface area contributed by atoms with Crippen LogP contribution in [0.4, 0.5) is 0 Å². The molecule has 0 aromatic rings. The van der Waals surface area contributed by atoms with Crippen molar-refractivity contribution in [3.63, 3.8) is 0 Å². The predicted octanol–water partition coefficient (Wildman–Crippen LogP) is 0.537. The topological polar surface area (TPSA) is 35.6 Å². The molecule has 1 N–H and O–H groups in total. The smallest absolute Gasteiger partial charge is 0.240 e. The summed E-state index contributed by atoms with van der Waals surface area (Å²) in [5.41, 5.74) is 0. The summed E-state index contributed by atoms with van der Waals surface area (Å²) in [6, 6.07) is 0.626. The van der Waals surface area contributed by atoms with Crippen LogP contribution in [0.2, 0.25) is 0 Å². The van der Waals surface area contributed by atoms with Crippen molar-refractivity contribution < 1.29 is 4.79 Å². The van der Waals surface area contributed by atoms with Crippen LogP contribution in [0.25, 0.3) is 0 Å². The molecule has 98 valence electrons. The minimum absolute atomic E-state index is 0.0769. The Hall–Kier alpha value is -0.610. The molecule has 0 aromatic carbocycles. The average molecular weight is 239 g/mol. The molecule has 0 bridgehead atoms. The van der Waals surface area contributed by atoms with Crippen LogP contribution in [0.3, 0.4) is 0 Å². The maximum atomic E-state index is 12.5. The van der Waals surface area contributed by atoms with Crippen LogP contribution >= 0.6 is 0 Å². The van der Waals surface area contributed by atoms with Gasteiger partial charge in [0.2, 0.25) is 5.91 Å². The van der Waals surface area contributed by atoms with Gasteiger partial charge in [0, 0.05) is 19.1 Å². The Labute approximate surface area is 104 Å². The van der Waals surface area contributed by atoms with Crippen LogP contribution in [0.5, 0.6) is 0 Å². The summed E-state index contributed by atoms with van der Waals surface area (Å²) >= 11 is 0. The molecule has 2 aliphatic rings. The number of hydrogen-bond acceptors (Lipinski definition) is 3. The van der Waals surface area contributed by atoms with E-state index in [2.05, 4.69) is 29.1 Å². The molecule has 1 saturated heterocycles. The van der Waals surface area contributed by atoms with Gasteiger partial charge in [-0.05, 0) is 45.8 Å². The van der Waals surface area contributed by atoms with Crippen LogP contribution in [0.15, 0.2) is 0 Å². The number of nitrogens with one attached hydrogen (secondary N) is 1. The maximum absolute atomic E-state index is 12.5. The summed E-state index contributed by atoms with van der Waals surface area (Å²) in [5, 5.41) is 3.15. The van der Waals surface area contributed by atoms with Crippen molar-refractivity contribution in [1.82, 2.24) is 15.1 Å². The molecule has 0 radical (unpaired) electrons. The molecule has 2 atom stereocenters. The molecule has 4 heteroatoms. The van der Waals surface area contributed by atoms with Crippen molar-refractivity contribution in [2.45, 2.75) is 38.3 Å². The van der Waals surface area contributed by atoms with E-state index < -0.39 is 0 Å². The van der Waals surface area contributed by atoms with Gasteiger partial charge < -0.3 is 10.2 Å². The fourth-order valence-corrected chi connectivity index (χ4v) is 2.82. The Morgan fingerprint density at radius 3 is 2.65 bits per heavy atom. The number of carbonyl (C=O) groups excluding carboxylic acids is 1. The van der Waals surface area contributed by atoms with E-state index in [0.29, 0.717) is 17.9 Å². The first-order valence-electron chi connectivity index (χ1n) is 6.78. The molecule has 0 spiro atoms. The van der Waals surface area contributed by atoms with Crippen LogP contribution < -0.4 is 5.32 Å². The largest absolute Gasteiger partial charge is 0.338 e. The average Bonchev–Trinajstić information content (AvgIpc) is 3.09. The maximum Gasteiger partial charge on any atom is 0.240 e. The van der Waals surface area contributed by atoms with E-state index in [0.717, 1.165) is 26.1 Å².